The Morgan fingerprint density at radius 1 is 1.15 bits per heavy atom. The molecule has 0 bridgehead atoms. The number of thiophene rings is 1. The molecular weight excluding hydrogens is 380 g/mol. The summed E-state index contributed by atoms with van der Waals surface area (Å²) in [6, 6.07) is 9.73. The lowest BCUT2D eigenvalue weighted by Crippen LogP contribution is -2.31. The number of thiazole rings is 1. The van der Waals surface area contributed by atoms with Crippen molar-refractivity contribution in [2.75, 3.05) is 5.32 Å². The lowest BCUT2D eigenvalue weighted by molar-refractivity contribution is -0.152. The molecule has 0 spiro atoms. The van der Waals surface area contributed by atoms with Crippen LogP contribution in [0.2, 0.25) is 0 Å². The van der Waals surface area contributed by atoms with Crippen LogP contribution >= 0.6 is 22.7 Å². The number of amides is 1. The molecule has 5 nitrogen and oxygen atoms in total. The number of carbonyl (C=O) groups is 2. The van der Waals surface area contributed by atoms with Crippen LogP contribution in [0.15, 0.2) is 41.1 Å². The predicted molar refractivity (Wildman–Crippen MR) is 109 cm³/mol. The molecule has 0 fully saturated rings. The Kier molecular flexibility index (Phi) is 6.03. The van der Waals surface area contributed by atoms with Gasteiger partial charge in [-0.25, -0.2) is 4.98 Å². The van der Waals surface area contributed by atoms with Crippen LogP contribution in [0.25, 0.3) is 9.88 Å². The maximum absolute atomic E-state index is 12.4. The predicted octanol–water partition coefficient (Wildman–Crippen LogP) is 4.60. The Morgan fingerprint density at radius 2 is 1.89 bits per heavy atom. The van der Waals surface area contributed by atoms with E-state index in [4.69, 9.17) is 4.74 Å². The SMILES string of the molecule is Cc1cccc(C)c1NC(=O)[C@H](C)OC(=O)Cc1csc(-c2cccs2)n1. The third-order valence-electron chi connectivity index (χ3n) is 4.02. The number of aryl methyl sites for hydroxylation is 2. The molecule has 27 heavy (non-hydrogen) atoms. The summed E-state index contributed by atoms with van der Waals surface area (Å²) >= 11 is 3.10. The first kappa shape index (κ1) is 19.3. The van der Waals surface area contributed by atoms with Gasteiger partial charge >= 0.3 is 5.97 Å². The van der Waals surface area contributed by atoms with Crippen LogP contribution in [0, 0.1) is 13.8 Å². The highest BCUT2D eigenvalue weighted by Crippen LogP contribution is 2.28. The first-order valence-electron chi connectivity index (χ1n) is 8.49. The number of aromatic nitrogens is 1. The Bertz CT molecular complexity index is 928. The highest BCUT2D eigenvalue weighted by Gasteiger charge is 2.20. The molecule has 1 aromatic carbocycles. The number of ether oxygens (including phenoxy) is 1. The van der Waals surface area contributed by atoms with Crippen LogP contribution < -0.4 is 5.32 Å². The molecule has 1 amide bonds. The fourth-order valence-corrected chi connectivity index (χ4v) is 4.21. The number of nitrogens with one attached hydrogen (secondary N) is 1. The highest BCUT2D eigenvalue weighted by molar-refractivity contribution is 7.20. The lowest BCUT2D eigenvalue weighted by atomic mass is 10.1. The molecule has 0 aliphatic rings. The van der Waals surface area contributed by atoms with E-state index in [1.807, 2.05) is 54.9 Å². The maximum Gasteiger partial charge on any atom is 0.312 e. The van der Waals surface area contributed by atoms with Gasteiger partial charge in [0.15, 0.2) is 6.10 Å². The number of hydrogen-bond donors (Lipinski definition) is 1. The smallest absolute Gasteiger partial charge is 0.312 e. The first-order valence-corrected chi connectivity index (χ1v) is 10.2. The van der Waals surface area contributed by atoms with Crippen molar-refractivity contribution >= 4 is 40.2 Å². The van der Waals surface area contributed by atoms with Crippen LogP contribution in [0.5, 0.6) is 0 Å². The molecule has 2 heterocycles. The van der Waals surface area contributed by atoms with Gasteiger partial charge in [-0.3, -0.25) is 9.59 Å². The van der Waals surface area contributed by atoms with Crippen molar-refractivity contribution in [2.24, 2.45) is 0 Å². The van der Waals surface area contributed by atoms with Gasteiger partial charge in [0.2, 0.25) is 0 Å². The minimum atomic E-state index is -0.882. The Labute approximate surface area is 166 Å². The van der Waals surface area contributed by atoms with Gasteiger partial charge in [0.25, 0.3) is 5.91 Å². The third kappa shape index (κ3) is 4.81. The number of hydrogen-bond acceptors (Lipinski definition) is 6. The molecule has 0 saturated heterocycles. The molecule has 3 rings (SSSR count). The van der Waals surface area contributed by atoms with E-state index in [9.17, 15) is 9.59 Å². The van der Waals surface area contributed by atoms with E-state index in [1.54, 1.807) is 18.3 Å². The molecular formula is C20H20N2O3S2. The van der Waals surface area contributed by atoms with E-state index in [-0.39, 0.29) is 12.3 Å². The van der Waals surface area contributed by atoms with Gasteiger partial charge in [-0.2, -0.15) is 0 Å². The molecule has 1 N–H and O–H groups in total. The number of esters is 1. The minimum Gasteiger partial charge on any atom is -0.452 e. The zero-order valence-electron chi connectivity index (χ0n) is 15.3. The van der Waals surface area contributed by atoms with Crippen molar-refractivity contribution in [1.82, 2.24) is 4.98 Å². The van der Waals surface area contributed by atoms with Gasteiger partial charge in [0.05, 0.1) is 17.0 Å². The zero-order chi connectivity index (χ0) is 19.4. The molecule has 1 atom stereocenters. The van der Waals surface area contributed by atoms with E-state index in [0.29, 0.717) is 5.69 Å². The summed E-state index contributed by atoms with van der Waals surface area (Å²) in [7, 11) is 0. The molecule has 0 saturated carbocycles. The fraction of sp³-hybridized carbons (Fsp3) is 0.250. The van der Waals surface area contributed by atoms with Crippen LogP contribution in [0.4, 0.5) is 5.69 Å². The Morgan fingerprint density at radius 3 is 2.56 bits per heavy atom. The van der Waals surface area contributed by atoms with Gasteiger partial charge in [-0.05, 0) is 43.3 Å². The van der Waals surface area contributed by atoms with Gasteiger partial charge < -0.3 is 10.1 Å². The average molecular weight is 401 g/mol. The lowest BCUT2D eigenvalue weighted by Gasteiger charge is -2.16. The molecule has 2 aromatic heterocycles. The third-order valence-corrected chi connectivity index (χ3v) is 5.95. The Hall–Kier alpha value is -2.51. The van der Waals surface area contributed by atoms with Crippen LogP contribution in [-0.2, 0) is 20.7 Å². The molecule has 7 heteroatoms. The monoisotopic (exact) mass is 400 g/mol. The molecule has 0 radical (unpaired) electrons. The summed E-state index contributed by atoms with van der Waals surface area (Å²) in [5.74, 6) is -0.819. The van der Waals surface area contributed by atoms with E-state index in [1.165, 1.54) is 11.3 Å². The van der Waals surface area contributed by atoms with Crippen LogP contribution in [-0.4, -0.2) is 23.0 Å². The Balaban J connectivity index is 1.56. The average Bonchev–Trinajstić information content (AvgIpc) is 3.29. The minimum absolute atomic E-state index is 0.0445. The van der Waals surface area contributed by atoms with Crippen molar-refractivity contribution in [3.8, 4) is 9.88 Å². The topological polar surface area (TPSA) is 68.3 Å². The second kappa shape index (κ2) is 8.45. The zero-order valence-corrected chi connectivity index (χ0v) is 16.9. The summed E-state index contributed by atoms with van der Waals surface area (Å²) in [5.41, 5.74) is 3.33. The van der Waals surface area contributed by atoms with Crippen molar-refractivity contribution in [1.29, 1.82) is 0 Å². The number of para-hydroxylation sites is 1. The van der Waals surface area contributed by atoms with E-state index < -0.39 is 12.1 Å². The molecule has 0 aliphatic carbocycles. The molecule has 3 aromatic rings. The summed E-state index contributed by atoms with van der Waals surface area (Å²) in [4.78, 5) is 30.1. The highest BCUT2D eigenvalue weighted by atomic mass is 32.1. The van der Waals surface area contributed by atoms with Gasteiger partial charge in [0, 0.05) is 11.1 Å². The standard InChI is InChI=1S/C20H20N2O3S2/c1-12-6-4-7-13(2)18(12)22-19(24)14(3)25-17(23)10-15-11-27-20(21-15)16-8-5-9-26-16/h4-9,11,14H,10H2,1-3H3,(H,22,24)/t14-/m0/s1. The van der Waals surface area contributed by atoms with Crippen LogP contribution in [0.3, 0.4) is 0 Å². The molecule has 0 unspecified atom stereocenters. The summed E-state index contributed by atoms with van der Waals surface area (Å²) < 4.78 is 5.28. The van der Waals surface area contributed by atoms with E-state index in [2.05, 4.69) is 10.3 Å². The van der Waals surface area contributed by atoms with Crippen molar-refractivity contribution < 1.29 is 14.3 Å². The van der Waals surface area contributed by atoms with Gasteiger partial charge in [-0.15, -0.1) is 22.7 Å². The molecule has 140 valence electrons. The first-order chi connectivity index (χ1) is 12.9. The number of anilines is 1. The molecule has 0 aliphatic heterocycles. The quantitative estimate of drug-likeness (QED) is 0.614. The summed E-state index contributed by atoms with van der Waals surface area (Å²) in [6.07, 6.45) is -0.838. The van der Waals surface area contributed by atoms with Crippen molar-refractivity contribution in [3.05, 3.63) is 57.9 Å². The second-order valence-corrected chi connectivity index (χ2v) is 7.99. The van der Waals surface area contributed by atoms with Gasteiger partial charge in [-0.1, -0.05) is 24.3 Å². The van der Waals surface area contributed by atoms with Crippen LogP contribution in [0.1, 0.15) is 23.7 Å². The second-order valence-electron chi connectivity index (χ2n) is 6.19. The maximum atomic E-state index is 12.4. The van der Waals surface area contributed by atoms with Crippen molar-refractivity contribution in [2.45, 2.75) is 33.3 Å². The van der Waals surface area contributed by atoms with Crippen molar-refractivity contribution in [3.63, 3.8) is 0 Å². The number of rotatable bonds is 6. The van der Waals surface area contributed by atoms with E-state index >= 15 is 0 Å². The fourth-order valence-electron chi connectivity index (χ4n) is 2.58. The summed E-state index contributed by atoms with van der Waals surface area (Å²) in [5, 5.41) is 7.56. The normalized spacial score (nSPS) is 11.8. The largest absolute Gasteiger partial charge is 0.452 e. The number of benzene rings is 1. The number of carbonyl (C=O) groups excluding carboxylic acids is 2. The summed E-state index contributed by atoms with van der Waals surface area (Å²) in [6.45, 7) is 5.42. The van der Waals surface area contributed by atoms with E-state index in [0.717, 1.165) is 26.7 Å². The van der Waals surface area contributed by atoms with Gasteiger partial charge in [0.1, 0.15) is 5.01 Å². The number of nitrogens with zero attached hydrogens (tertiary/aromatic N) is 1.